The van der Waals surface area contributed by atoms with E-state index in [2.05, 4.69) is 10.6 Å². The van der Waals surface area contributed by atoms with Crippen molar-refractivity contribution in [1.82, 2.24) is 10.6 Å². The van der Waals surface area contributed by atoms with Crippen molar-refractivity contribution in [2.45, 2.75) is 38.8 Å². The molecular weight excluding hydrogens is 530 g/mol. The van der Waals surface area contributed by atoms with E-state index in [9.17, 15) is 14.4 Å². The van der Waals surface area contributed by atoms with Gasteiger partial charge in [0.25, 0.3) is 5.91 Å². The first-order valence-corrected chi connectivity index (χ1v) is 14.0. The summed E-state index contributed by atoms with van der Waals surface area (Å²) in [6, 6.07) is 13.2. The molecule has 1 saturated heterocycles. The zero-order valence-corrected chi connectivity index (χ0v) is 24.0. The van der Waals surface area contributed by atoms with Crippen LogP contribution in [0, 0.1) is 13.8 Å². The van der Waals surface area contributed by atoms with Crippen LogP contribution in [0.5, 0.6) is 11.5 Å². The van der Waals surface area contributed by atoms with Gasteiger partial charge in [-0.1, -0.05) is 30.3 Å². The Labute approximate surface area is 238 Å². The lowest BCUT2D eigenvalue weighted by Crippen LogP contribution is -2.49. The molecule has 10 heteroatoms. The zero-order chi connectivity index (χ0) is 28.6. The monoisotopic (exact) mass is 565 g/mol. The van der Waals surface area contributed by atoms with Crippen molar-refractivity contribution in [3.63, 3.8) is 0 Å². The SMILES string of the molecule is COc1ccc([C@@H](C(=O)NC[C@H]2CCCO2)N(C(=O)CNC(=O)c2cccs2)c2c(C)cccc2C)cc1OC. The Kier molecular flexibility index (Phi) is 9.79. The molecule has 3 aromatic rings. The quantitative estimate of drug-likeness (QED) is 0.361. The molecule has 0 saturated carbocycles. The highest BCUT2D eigenvalue weighted by Gasteiger charge is 2.35. The van der Waals surface area contributed by atoms with Gasteiger partial charge in [-0.3, -0.25) is 19.3 Å². The molecule has 0 spiro atoms. The second-order valence-electron chi connectivity index (χ2n) is 9.56. The Morgan fingerprint density at radius 2 is 1.77 bits per heavy atom. The van der Waals surface area contributed by atoms with Gasteiger partial charge >= 0.3 is 0 Å². The number of ether oxygens (including phenoxy) is 3. The number of amides is 3. The summed E-state index contributed by atoms with van der Waals surface area (Å²) in [6.45, 7) is 4.47. The van der Waals surface area contributed by atoms with Crippen molar-refractivity contribution in [3.05, 3.63) is 75.5 Å². The van der Waals surface area contributed by atoms with Crippen molar-refractivity contribution < 1.29 is 28.6 Å². The standard InChI is InChI=1S/C30H35N3O6S/c1-19-8-5-9-20(2)27(19)33(26(34)18-32-29(35)25-11-7-15-40-25)28(30(36)31-17-22-10-6-14-39-22)21-12-13-23(37-3)24(16-21)38-4/h5,7-9,11-13,15-16,22,28H,6,10,14,17-18H2,1-4H3,(H,31,36)(H,32,35)/t22-,28+/m1/s1. The lowest BCUT2D eigenvalue weighted by Gasteiger charge is -2.34. The molecule has 1 aromatic heterocycles. The molecule has 2 N–H and O–H groups in total. The number of nitrogens with zero attached hydrogens (tertiary/aromatic N) is 1. The van der Waals surface area contributed by atoms with Gasteiger partial charge in [0.2, 0.25) is 11.8 Å². The molecule has 1 fully saturated rings. The third kappa shape index (κ3) is 6.63. The average molecular weight is 566 g/mol. The summed E-state index contributed by atoms with van der Waals surface area (Å²) in [4.78, 5) is 42.7. The highest BCUT2D eigenvalue weighted by Crippen LogP contribution is 2.37. The molecule has 4 rings (SSSR count). The van der Waals surface area contributed by atoms with Crippen molar-refractivity contribution >= 4 is 34.7 Å². The van der Waals surface area contributed by atoms with Gasteiger partial charge < -0.3 is 24.8 Å². The minimum absolute atomic E-state index is 0.0792. The average Bonchev–Trinajstić information content (AvgIpc) is 3.69. The van der Waals surface area contributed by atoms with Gasteiger partial charge in [0.1, 0.15) is 6.04 Å². The van der Waals surface area contributed by atoms with E-state index >= 15 is 0 Å². The number of aryl methyl sites for hydroxylation is 2. The third-order valence-electron chi connectivity index (χ3n) is 6.85. The number of anilines is 1. The Morgan fingerprint density at radius 1 is 1.02 bits per heavy atom. The van der Waals surface area contributed by atoms with E-state index in [-0.39, 0.29) is 24.5 Å². The van der Waals surface area contributed by atoms with Gasteiger partial charge in [-0.25, -0.2) is 0 Å². The van der Waals surface area contributed by atoms with Crippen LogP contribution in [0.2, 0.25) is 0 Å². The van der Waals surface area contributed by atoms with Crippen LogP contribution in [-0.2, 0) is 14.3 Å². The van der Waals surface area contributed by atoms with E-state index in [1.807, 2.05) is 32.0 Å². The van der Waals surface area contributed by atoms with E-state index in [0.717, 1.165) is 24.0 Å². The van der Waals surface area contributed by atoms with Crippen LogP contribution in [-0.4, -0.2) is 57.7 Å². The van der Waals surface area contributed by atoms with Crippen LogP contribution in [0.3, 0.4) is 0 Å². The summed E-state index contributed by atoms with van der Waals surface area (Å²) in [7, 11) is 3.05. The number of rotatable bonds is 11. The van der Waals surface area contributed by atoms with Crippen LogP contribution >= 0.6 is 11.3 Å². The summed E-state index contributed by atoms with van der Waals surface area (Å²) < 4.78 is 16.6. The second kappa shape index (κ2) is 13.5. The smallest absolute Gasteiger partial charge is 0.261 e. The number of methoxy groups -OCH3 is 2. The number of thiophene rings is 1. The van der Waals surface area contributed by atoms with Gasteiger partial charge in [-0.05, 0) is 67.0 Å². The van der Waals surface area contributed by atoms with Crippen molar-refractivity contribution in [2.75, 3.05) is 38.8 Å². The van der Waals surface area contributed by atoms with Crippen molar-refractivity contribution in [2.24, 2.45) is 0 Å². The first-order valence-electron chi connectivity index (χ1n) is 13.1. The fraction of sp³-hybridized carbons (Fsp3) is 0.367. The maximum atomic E-state index is 14.0. The maximum absolute atomic E-state index is 14.0. The normalized spacial score (nSPS) is 15.2. The topological polar surface area (TPSA) is 106 Å². The predicted octanol–water partition coefficient (Wildman–Crippen LogP) is 4.18. The summed E-state index contributed by atoms with van der Waals surface area (Å²) in [5, 5.41) is 7.52. The molecule has 2 heterocycles. The highest BCUT2D eigenvalue weighted by atomic mass is 32.1. The number of hydrogen-bond donors (Lipinski definition) is 2. The van der Waals surface area contributed by atoms with E-state index in [0.29, 0.717) is 40.8 Å². The molecule has 40 heavy (non-hydrogen) atoms. The largest absolute Gasteiger partial charge is 0.493 e. The number of benzene rings is 2. The van der Waals surface area contributed by atoms with Crippen LogP contribution < -0.4 is 25.0 Å². The molecule has 9 nitrogen and oxygen atoms in total. The van der Waals surface area contributed by atoms with Gasteiger partial charge in [-0.2, -0.15) is 0 Å². The van der Waals surface area contributed by atoms with E-state index < -0.39 is 11.9 Å². The van der Waals surface area contributed by atoms with Gasteiger partial charge in [0, 0.05) is 13.2 Å². The molecule has 3 amide bonds. The highest BCUT2D eigenvalue weighted by molar-refractivity contribution is 7.12. The lowest BCUT2D eigenvalue weighted by molar-refractivity contribution is -0.126. The van der Waals surface area contributed by atoms with Crippen molar-refractivity contribution in [3.8, 4) is 11.5 Å². The first-order chi connectivity index (χ1) is 19.3. The fourth-order valence-electron chi connectivity index (χ4n) is 4.88. The number of carbonyl (C=O) groups is 3. The Morgan fingerprint density at radius 3 is 2.40 bits per heavy atom. The van der Waals surface area contributed by atoms with E-state index in [1.54, 1.807) is 35.7 Å². The van der Waals surface area contributed by atoms with Gasteiger partial charge in [0.05, 0.1) is 37.4 Å². The van der Waals surface area contributed by atoms with Gasteiger partial charge in [-0.15, -0.1) is 11.3 Å². The second-order valence-corrected chi connectivity index (χ2v) is 10.5. The first kappa shape index (κ1) is 29.1. The van der Waals surface area contributed by atoms with Crippen LogP contribution in [0.25, 0.3) is 0 Å². The minimum Gasteiger partial charge on any atom is -0.493 e. The van der Waals surface area contributed by atoms with Crippen LogP contribution in [0.4, 0.5) is 5.69 Å². The van der Waals surface area contributed by atoms with Crippen LogP contribution in [0.15, 0.2) is 53.9 Å². The number of hydrogen-bond acceptors (Lipinski definition) is 7. The van der Waals surface area contributed by atoms with E-state index in [4.69, 9.17) is 14.2 Å². The fourth-order valence-corrected chi connectivity index (χ4v) is 5.52. The molecule has 0 radical (unpaired) electrons. The number of para-hydroxylation sites is 1. The molecule has 0 bridgehead atoms. The molecule has 0 aliphatic carbocycles. The van der Waals surface area contributed by atoms with Crippen LogP contribution in [0.1, 0.15) is 45.2 Å². The summed E-state index contributed by atoms with van der Waals surface area (Å²) in [5.74, 6) is -0.234. The molecule has 1 aliphatic heterocycles. The minimum atomic E-state index is -1.06. The molecule has 2 atom stereocenters. The van der Waals surface area contributed by atoms with Gasteiger partial charge in [0.15, 0.2) is 11.5 Å². The maximum Gasteiger partial charge on any atom is 0.261 e. The van der Waals surface area contributed by atoms with E-state index in [1.165, 1.54) is 30.5 Å². The zero-order valence-electron chi connectivity index (χ0n) is 23.2. The molecule has 212 valence electrons. The number of carbonyl (C=O) groups excluding carboxylic acids is 3. The molecule has 2 aromatic carbocycles. The Balaban J connectivity index is 1.76. The predicted molar refractivity (Wildman–Crippen MR) is 154 cm³/mol. The number of nitrogens with one attached hydrogen (secondary N) is 2. The molecule has 0 unspecified atom stereocenters. The molecular formula is C30H35N3O6S. The third-order valence-corrected chi connectivity index (χ3v) is 7.72. The lowest BCUT2D eigenvalue weighted by atomic mass is 9.99. The Hall–Kier alpha value is -3.89. The van der Waals surface area contributed by atoms with Crippen molar-refractivity contribution in [1.29, 1.82) is 0 Å². The summed E-state index contributed by atoms with van der Waals surface area (Å²) in [6.07, 6.45) is 1.72. The summed E-state index contributed by atoms with van der Waals surface area (Å²) in [5.41, 5.74) is 2.76. The summed E-state index contributed by atoms with van der Waals surface area (Å²) >= 11 is 1.29. The Bertz CT molecular complexity index is 1320. The molecule has 1 aliphatic rings.